The second-order valence-electron chi connectivity index (χ2n) is 8.38. The zero-order valence-corrected chi connectivity index (χ0v) is 19.6. The highest BCUT2D eigenvalue weighted by molar-refractivity contribution is 6.02. The van der Waals surface area contributed by atoms with Crippen LogP contribution in [0.2, 0.25) is 0 Å². The summed E-state index contributed by atoms with van der Waals surface area (Å²) in [6.07, 6.45) is 0.874. The molecule has 172 valence electrons. The van der Waals surface area contributed by atoms with Crippen LogP contribution in [0.15, 0.2) is 36.4 Å². The van der Waals surface area contributed by atoms with E-state index in [4.69, 9.17) is 14.2 Å². The lowest BCUT2D eigenvalue weighted by molar-refractivity contribution is -0.124. The molecule has 3 rings (SSSR count). The number of fused-ring (bicyclic) bond motifs is 1. The van der Waals surface area contributed by atoms with Crippen molar-refractivity contribution in [2.45, 2.75) is 32.2 Å². The van der Waals surface area contributed by atoms with Crippen molar-refractivity contribution < 1.29 is 23.8 Å². The third kappa shape index (κ3) is 4.52. The first-order valence-corrected chi connectivity index (χ1v) is 10.8. The van der Waals surface area contributed by atoms with Gasteiger partial charge in [0.05, 0.1) is 33.3 Å². The SMILES string of the molecule is COc1ccc([C@H]2[C@@H](C(=O)NCCC(C)C)c3cc(OC)c(OC)cc3C(=O)N2C)cc1. The molecule has 0 spiro atoms. The number of methoxy groups -OCH3 is 3. The first-order valence-electron chi connectivity index (χ1n) is 10.8. The number of carbonyl (C=O) groups excluding carboxylic acids is 2. The normalized spacial score (nSPS) is 17.7. The molecule has 0 saturated heterocycles. The van der Waals surface area contributed by atoms with Crippen LogP contribution >= 0.6 is 0 Å². The van der Waals surface area contributed by atoms with Gasteiger partial charge in [-0.1, -0.05) is 26.0 Å². The maximum atomic E-state index is 13.5. The molecular weight excluding hydrogens is 408 g/mol. The van der Waals surface area contributed by atoms with Gasteiger partial charge in [0.15, 0.2) is 11.5 Å². The Hall–Kier alpha value is -3.22. The summed E-state index contributed by atoms with van der Waals surface area (Å²) < 4.78 is 16.2. The topological polar surface area (TPSA) is 77.1 Å². The lowest BCUT2D eigenvalue weighted by Gasteiger charge is -2.40. The molecule has 2 amide bonds. The molecule has 1 heterocycles. The van der Waals surface area contributed by atoms with E-state index in [9.17, 15) is 9.59 Å². The van der Waals surface area contributed by atoms with Gasteiger partial charge in [-0.05, 0) is 47.7 Å². The molecule has 7 nitrogen and oxygen atoms in total. The number of likely N-dealkylation sites (N-methyl/N-ethyl adjacent to an activating group) is 1. The summed E-state index contributed by atoms with van der Waals surface area (Å²) in [5.41, 5.74) is 1.93. The van der Waals surface area contributed by atoms with Crippen molar-refractivity contribution in [3.05, 3.63) is 53.1 Å². The second-order valence-corrected chi connectivity index (χ2v) is 8.38. The van der Waals surface area contributed by atoms with E-state index in [1.807, 2.05) is 24.3 Å². The highest BCUT2D eigenvalue weighted by Gasteiger charge is 2.43. The number of amides is 2. The third-order valence-electron chi connectivity index (χ3n) is 5.94. The van der Waals surface area contributed by atoms with E-state index in [-0.39, 0.29) is 11.8 Å². The Bertz CT molecular complexity index is 971. The highest BCUT2D eigenvalue weighted by atomic mass is 16.5. The first kappa shape index (κ1) is 23.4. The van der Waals surface area contributed by atoms with Crippen LogP contribution in [0.4, 0.5) is 0 Å². The molecule has 0 unspecified atom stereocenters. The van der Waals surface area contributed by atoms with Crippen LogP contribution < -0.4 is 19.5 Å². The molecule has 7 heteroatoms. The van der Waals surface area contributed by atoms with Crippen LogP contribution in [-0.4, -0.2) is 51.6 Å². The van der Waals surface area contributed by atoms with Crippen molar-refractivity contribution in [2.24, 2.45) is 5.92 Å². The number of hydrogen-bond acceptors (Lipinski definition) is 5. The monoisotopic (exact) mass is 440 g/mol. The molecule has 1 aliphatic rings. The second kappa shape index (κ2) is 9.94. The number of nitrogens with one attached hydrogen (secondary N) is 1. The van der Waals surface area contributed by atoms with E-state index in [1.165, 1.54) is 7.11 Å². The van der Waals surface area contributed by atoms with E-state index < -0.39 is 12.0 Å². The summed E-state index contributed by atoms with van der Waals surface area (Å²) >= 11 is 0. The fraction of sp³-hybridized carbons (Fsp3) is 0.440. The first-order chi connectivity index (χ1) is 15.3. The van der Waals surface area contributed by atoms with Crippen molar-refractivity contribution in [1.29, 1.82) is 0 Å². The summed E-state index contributed by atoms with van der Waals surface area (Å²) in [4.78, 5) is 28.5. The number of ether oxygens (including phenoxy) is 3. The Morgan fingerprint density at radius 2 is 1.66 bits per heavy atom. The quantitative estimate of drug-likeness (QED) is 0.676. The predicted octanol–water partition coefficient (Wildman–Crippen LogP) is 3.79. The summed E-state index contributed by atoms with van der Waals surface area (Å²) in [5, 5.41) is 3.07. The molecule has 0 aliphatic carbocycles. The third-order valence-corrected chi connectivity index (χ3v) is 5.94. The molecule has 0 bridgehead atoms. The molecule has 0 radical (unpaired) electrons. The van der Waals surface area contributed by atoms with Gasteiger partial charge in [-0.2, -0.15) is 0 Å². The predicted molar refractivity (Wildman–Crippen MR) is 123 cm³/mol. The number of nitrogens with zero attached hydrogens (tertiary/aromatic N) is 1. The minimum atomic E-state index is -0.604. The van der Waals surface area contributed by atoms with Gasteiger partial charge in [0.1, 0.15) is 5.75 Å². The van der Waals surface area contributed by atoms with E-state index in [2.05, 4.69) is 19.2 Å². The number of rotatable bonds is 8. The maximum Gasteiger partial charge on any atom is 0.254 e. The van der Waals surface area contributed by atoms with Crippen molar-refractivity contribution in [3.8, 4) is 17.2 Å². The molecule has 2 aromatic carbocycles. The Kier molecular flexibility index (Phi) is 7.28. The summed E-state index contributed by atoms with van der Waals surface area (Å²) in [6, 6.07) is 10.4. The van der Waals surface area contributed by atoms with Crippen LogP contribution in [0.5, 0.6) is 17.2 Å². The van der Waals surface area contributed by atoms with E-state index in [0.29, 0.717) is 40.8 Å². The fourth-order valence-electron chi connectivity index (χ4n) is 4.14. The summed E-state index contributed by atoms with van der Waals surface area (Å²) in [7, 11) is 6.40. The molecule has 0 saturated carbocycles. The average molecular weight is 441 g/mol. The van der Waals surface area contributed by atoms with Crippen LogP contribution in [-0.2, 0) is 4.79 Å². The van der Waals surface area contributed by atoms with Crippen LogP contribution in [0.3, 0.4) is 0 Å². The van der Waals surface area contributed by atoms with Gasteiger partial charge in [-0.3, -0.25) is 9.59 Å². The summed E-state index contributed by atoms with van der Waals surface area (Å²) in [5.74, 6) is 1.22. The lowest BCUT2D eigenvalue weighted by atomic mass is 9.79. The zero-order chi connectivity index (χ0) is 23.4. The molecule has 1 N–H and O–H groups in total. The van der Waals surface area contributed by atoms with E-state index in [0.717, 1.165) is 12.0 Å². The minimum Gasteiger partial charge on any atom is -0.497 e. The Morgan fingerprint density at radius 1 is 1.03 bits per heavy atom. The Morgan fingerprint density at radius 3 is 2.22 bits per heavy atom. The smallest absolute Gasteiger partial charge is 0.254 e. The Balaban J connectivity index is 2.12. The van der Waals surface area contributed by atoms with Gasteiger partial charge in [0, 0.05) is 19.2 Å². The number of benzene rings is 2. The van der Waals surface area contributed by atoms with Crippen molar-refractivity contribution >= 4 is 11.8 Å². The molecule has 1 aliphatic heterocycles. The molecular formula is C25H32N2O5. The highest BCUT2D eigenvalue weighted by Crippen LogP contribution is 2.45. The summed E-state index contributed by atoms with van der Waals surface area (Å²) in [6.45, 7) is 4.81. The van der Waals surface area contributed by atoms with Gasteiger partial charge in [0.2, 0.25) is 5.91 Å². The van der Waals surface area contributed by atoms with Crippen LogP contribution in [0.25, 0.3) is 0 Å². The van der Waals surface area contributed by atoms with Gasteiger partial charge >= 0.3 is 0 Å². The zero-order valence-electron chi connectivity index (χ0n) is 19.6. The standard InChI is InChI=1S/C25H32N2O5/c1-15(2)11-12-26-24(28)22-18-13-20(31-5)21(32-6)14-19(18)25(29)27(3)23(22)16-7-9-17(30-4)10-8-16/h7-10,13-15,22-23H,11-12H2,1-6H3,(H,26,28)/t22-,23-/m0/s1. The molecule has 2 atom stereocenters. The van der Waals surface area contributed by atoms with Crippen LogP contribution in [0, 0.1) is 5.92 Å². The van der Waals surface area contributed by atoms with Crippen molar-refractivity contribution in [3.63, 3.8) is 0 Å². The largest absolute Gasteiger partial charge is 0.497 e. The molecule has 0 fully saturated rings. The van der Waals surface area contributed by atoms with Crippen molar-refractivity contribution in [1.82, 2.24) is 10.2 Å². The van der Waals surface area contributed by atoms with Gasteiger partial charge < -0.3 is 24.4 Å². The van der Waals surface area contributed by atoms with Gasteiger partial charge in [-0.15, -0.1) is 0 Å². The number of hydrogen-bond donors (Lipinski definition) is 1. The van der Waals surface area contributed by atoms with E-state index >= 15 is 0 Å². The van der Waals surface area contributed by atoms with Crippen LogP contribution in [0.1, 0.15) is 53.7 Å². The average Bonchev–Trinajstić information content (AvgIpc) is 2.80. The Labute approximate surface area is 189 Å². The number of carbonyl (C=O) groups is 2. The van der Waals surface area contributed by atoms with Gasteiger partial charge in [0.25, 0.3) is 5.91 Å². The molecule has 0 aromatic heterocycles. The van der Waals surface area contributed by atoms with Crippen molar-refractivity contribution in [2.75, 3.05) is 34.9 Å². The maximum absolute atomic E-state index is 13.5. The molecule has 2 aromatic rings. The minimum absolute atomic E-state index is 0.126. The van der Waals surface area contributed by atoms with E-state index in [1.54, 1.807) is 38.3 Å². The van der Waals surface area contributed by atoms with Gasteiger partial charge in [-0.25, -0.2) is 0 Å². The fourth-order valence-corrected chi connectivity index (χ4v) is 4.14. The lowest BCUT2D eigenvalue weighted by Crippen LogP contribution is -2.46. The molecule has 32 heavy (non-hydrogen) atoms.